The van der Waals surface area contributed by atoms with Crippen molar-refractivity contribution in [1.29, 1.82) is 0 Å². The normalized spacial score (nSPS) is 14.4. The zero-order valence-electron chi connectivity index (χ0n) is 12.1. The number of nitrogens with two attached hydrogens (primary N) is 1. The van der Waals surface area contributed by atoms with E-state index in [0.29, 0.717) is 12.1 Å². The first kappa shape index (κ1) is 13.7. The number of fused-ring (bicyclic) bond motifs is 1. The zero-order chi connectivity index (χ0) is 14.7. The molecule has 0 aliphatic carbocycles. The summed E-state index contributed by atoms with van der Waals surface area (Å²) in [4.78, 5) is 14.5. The molecule has 2 aromatic rings. The summed E-state index contributed by atoms with van der Waals surface area (Å²) in [5, 5.41) is 0. The maximum atomic E-state index is 12.5. The molecule has 0 saturated heterocycles. The van der Waals surface area contributed by atoms with E-state index in [1.807, 2.05) is 35.2 Å². The first-order chi connectivity index (χ1) is 10.2. The second kappa shape index (κ2) is 6.00. The zero-order valence-corrected chi connectivity index (χ0v) is 12.1. The summed E-state index contributed by atoms with van der Waals surface area (Å²) in [6.45, 7) is 1.55. The molecule has 0 atom stereocenters. The number of benzene rings is 2. The summed E-state index contributed by atoms with van der Waals surface area (Å²) >= 11 is 0. The second-order valence-corrected chi connectivity index (χ2v) is 5.61. The smallest absolute Gasteiger partial charge is 0.227 e. The number of carbonyl (C=O) groups is 1. The predicted octanol–water partition coefficient (Wildman–Crippen LogP) is 2.79. The molecule has 1 aliphatic rings. The molecule has 108 valence electrons. The molecule has 1 amide bonds. The van der Waals surface area contributed by atoms with Crippen molar-refractivity contribution in [2.45, 2.75) is 25.8 Å². The summed E-state index contributed by atoms with van der Waals surface area (Å²) in [7, 11) is 0. The van der Waals surface area contributed by atoms with E-state index >= 15 is 0 Å². The van der Waals surface area contributed by atoms with Crippen LogP contribution in [0.15, 0.2) is 48.5 Å². The van der Waals surface area contributed by atoms with Crippen LogP contribution in [-0.2, 0) is 24.2 Å². The van der Waals surface area contributed by atoms with Gasteiger partial charge in [-0.25, -0.2) is 0 Å². The number of nitrogen functional groups attached to an aromatic ring is 1. The molecule has 2 aromatic carbocycles. The quantitative estimate of drug-likeness (QED) is 0.860. The van der Waals surface area contributed by atoms with Gasteiger partial charge in [-0.05, 0) is 41.7 Å². The summed E-state index contributed by atoms with van der Waals surface area (Å²) < 4.78 is 0. The largest absolute Gasteiger partial charge is 0.399 e. The third-order valence-corrected chi connectivity index (χ3v) is 4.01. The highest BCUT2D eigenvalue weighted by Gasteiger charge is 2.18. The lowest BCUT2D eigenvalue weighted by atomic mass is 10.0. The van der Waals surface area contributed by atoms with Gasteiger partial charge < -0.3 is 10.6 Å². The number of amides is 1. The number of hydrogen-bond donors (Lipinski definition) is 1. The molecular weight excluding hydrogens is 260 g/mol. The number of hydrogen-bond acceptors (Lipinski definition) is 2. The topological polar surface area (TPSA) is 46.3 Å². The first-order valence-corrected chi connectivity index (χ1v) is 7.41. The molecule has 0 radical (unpaired) electrons. The van der Waals surface area contributed by atoms with E-state index in [-0.39, 0.29) is 5.91 Å². The van der Waals surface area contributed by atoms with E-state index in [1.165, 1.54) is 11.1 Å². The van der Waals surface area contributed by atoms with Gasteiger partial charge in [0.2, 0.25) is 5.91 Å². The van der Waals surface area contributed by atoms with Crippen molar-refractivity contribution in [3.8, 4) is 0 Å². The van der Waals surface area contributed by atoms with Gasteiger partial charge in [-0.1, -0.05) is 36.4 Å². The minimum absolute atomic E-state index is 0.178. The number of rotatable bonds is 2. The van der Waals surface area contributed by atoms with Gasteiger partial charge in [-0.15, -0.1) is 0 Å². The van der Waals surface area contributed by atoms with Crippen LogP contribution in [-0.4, -0.2) is 17.4 Å². The Hall–Kier alpha value is -2.29. The second-order valence-electron chi connectivity index (χ2n) is 5.61. The predicted molar refractivity (Wildman–Crippen MR) is 84.7 cm³/mol. The Morgan fingerprint density at radius 1 is 1.10 bits per heavy atom. The summed E-state index contributed by atoms with van der Waals surface area (Å²) in [5.41, 5.74) is 10.1. The van der Waals surface area contributed by atoms with Crippen molar-refractivity contribution in [3.63, 3.8) is 0 Å². The van der Waals surface area contributed by atoms with Gasteiger partial charge in [0.1, 0.15) is 0 Å². The van der Waals surface area contributed by atoms with E-state index in [1.54, 1.807) is 0 Å². The van der Waals surface area contributed by atoms with Crippen molar-refractivity contribution in [2.24, 2.45) is 0 Å². The van der Waals surface area contributed by atoms with E-state index in [4.69, 9.17) is 5.73 Å². The fourth-order valence-electron chi connectivity index (χ4n) is 2.90. The molecule has 2 N–H and O–H groups in total. The SMILES string of the molecule is Nc1cccc(CC(=O)N2CCCc3ccccc3C2)c1. The number of aryl methyl sites for hydroxylation is 1. The molecular formula is C18H20N2O. The monoisotopic (exact) mass is 280 g/mol. The number of nitrogens with zero attached hydrogens (tertiary/aromatic N) is 1. The van der Waals surface area contributed by atoms with Crippen LogP contribution in [0.25, 0.3) is 0 Å². The van der Waals surface area contributed by atoms with E-state index < -0.39 is 0 Å². The van der Waals surface area contributed by atoms with Crippen LogP contribution in [0.3, 0.4) is 0 Å². The molecule has 3 nitrogen and oxygen atoms in total. The van der Waals surface area contributed by atoms with Gasteiger partial charge in [0.05, 0.1) is 6.42 Å². The molecule has 3 heteroatoms. The van der Waals surface area contributed by atoms with Gasteiger partial charge in [0.15, 0.2) is 0 Å². The Morgan fingerprint density at radius 2 is 1.90 bits per heavy atom. The Kier molecular flexibility index (Phi) is 3.91. The van der Waals surface area contributed by atoms with Gasteiger partial charge in [0.25, 0.3) is 0 Å². The Balaban J connectivity index is 1.73. The molecule has 0 spiro atoms. The van der Waals surface area contributed by atoms with Crippen LogP contribution in [0.5, 0.6) is 0 Å². The van der Waals surface area contributed by atoms with Crippen LogP contribution in [0.4, 0.5) is 5.69 Å². The van der Waals surface area contributed by atoms with Gasteiger partial charge in [0, 0.05) is 18.8 Å². The van der Waals surface area contributed by atoms with Gasteiger partial charge in [-0.3, -0.25) is 4.79 Å². The van der Waals surface area contributed by atoms with Crippen LogP contribution < -0.4 is 5.73 Å². The fraction of sp³-hybridized carbons (Fsp3) is 0.278. The fourth-order valence-corrected chi connectivity index (χ4v) is 2.90. The molecule has 0 fully saturated rings. The van der Waals surface area contributed by atoms with Crippen molar-refractivity contribution >= 4 is 11.6 Å². The number of carbonyl (C=O) groups excluding carboxylic acids is 1. The summed E-state index contributed by atoms with van der Waals surface area (Å²) in [6.07, 6.45) is 2.51. The first-order valence-electron chi connectivity index (χ1n) is 7.41. The maximum absolute atomic E-state index is 12.5. The highest BCUT2D eigenvalue weighted by molar-refractivity contribution is 5.79. The molecule has 1 heterocycles. The van der Waals surface area contributed by atoms with Gasteiger partial charge in [-0.2, -0.15) is 0 Å². The van der Waals surface area contributed by atoms with Crippen molar-refractivity contribution in [3.05, 3.63) is 65.2 Å². The number of anilines is 1. The van der Waals surface area contributed by atoms with Crippen molar-refractivity contribution < 1.29 is 4.79 Å². The van der Waals surface area contributed by atoms with Gasteiger partial charge >= 0.3 is 0 Å². The van der Waals surface area contributed by atoms with E-state index in [9.17, 15) is 4.79 Å². The highest BCUT2D eigenvalue weighted by Crippen LogP contribution is 2.19. The standard InChI is InChI=1S/C18H20N2O/c19-17-9-3-5-14(11-17)12-18(21)20-10-4-8-15-6-1-2-7-16(15)13-20/h1-3,5-7,9,11H,4,8,10,12-13,19H2. The summed E-state index contributed by atoms with van der Waals surface area (Å²) in [5.74, 6) is 0.178. The molecule has 3 rings (SSSR count). The third-order valence-electron chi connectivity index (χ3n) is 4.01. The average Bonchev–Trinajstić information content (AvgIpc) is 2.69. The van der Waals surface area contributed by atoms with E-state index in [2.05, 4.69) is 18.2 Å². The van der Waals surface area contributed by atoms with Crippen molar-refractivity contribution in [2.75, 3.05) is 12.3 Å². The third kappa shape index (κ3) is 3.24. The molecule has 1 aliphatic heterocycles. The Morgan fingerprint density at radius 3 is 2.71 bits per heavy atom. The Labute approximate surface area is 125 Å². The minimum Gasteiger partial charge on any atom is -0.399 e. The molecule has 0 aromatic heterocycles. The van der Waals surface area contributed by atoms with Crippen LogP contribution in [0, 0.1) is 0 Å². The van der Waals surface area contributed by atoms with E-state index in [0.717, 1.165) is 31.5 Å². The molecule has 21 heavy (non-hydrogen) atoms. The molecule has 0 bridgehead atoms. The van der Waals surface area contributed by atoms with Crippen LogP contribution in [0.1, 0.15) is 23.1 Å². The van der Waals surface area contributed by atoms with Crippen LogP contribution in [0.2, 0.25) is 0 Å². The lowest BCUT2D eigenvalue weighted by Crippen LogP contribution is -2.32. The maximum Gasteiger partial charge on any atom is 0.227 e. The molecule has 0 saturated carbocycles. The summed E-state index contributed by atoms with van der Waals surface area (Å²) in [6, 6.07) is 16.0. The molecule has 0 unspecified atom stereocenters. The minimum atomic E-state index is 0.178. The Bertz CT molecular complexity index is 651. The highest BCUT2D eigenvalue weighted by atomic mass is 16.2. The lowest BCUT2D eigenvalue weighted by molar-refractivity contribution is -0.131. The van der Waals surface area contributed by atoms with Crippen LogP contribution >= 0.6 is 0 Å². The average molecular weight is 280 g/mol. The lowest BCUT2D eigenvalue weighted by Gasteiger charge is -2.21. The van der Waals surface area contributed by atoms with Crippen molar-refractivity contribution in [1.82, 2.24) is 4.90 Å².